The molecule has 0 bridgehead atoms. The van der Waals surface area contributed by atoms with Crippen LogP contribution in [0.4, 0.5) is 4.39 Å². The van der Waals surface area contributed by atoms with Crippen LogP contribution in [0.15, 0.2) is 66.7 Å². The molecule has 5 nitrogen and oxygen atoms in total. The minimum Gasteiger partial charge on any atom is -0.486 e. The molecule has 0 fully saturated rings. The summed E-state index contributed by atoms with van der Waals surface area (Å²) in [6.45, 7) is 8.77. The van der Waals surface area contributed by atoms with E-state index in [0.717, 1.165) is 31.2 Å². The summed E-state index contributed by atoms with van der Waals surface area (Å²) in [6, 6.07) is 20.8. The first-order chi connectivity index (χ1) is 19.1. The molecule has 1 amide bonds. The summed E-state index contributed by atoms with van der Waals surface area (Å²) in [5.41, 5.74) is 5.84. The number of aliphatic hydroxyl groups excluding tert-OH is 1. The first-order valence-electron chi connectivity index (χ1n) is 14.3. The van der Waals surface area contributed by atoms with Crippen LogP contribution in [0.3, 0.4) is 0 Å². The number of ether oxygens (including phenoxy) is 1. The van der Waals surface area contributed by atoms with Gasteiger partial charge >= 0.3 is 0 Å². The number of hydrogen-bond acceptors (Lipinski definition) is 4. The third-order valence-electron chi connectivity index (χ3n) is 7.37. The highest BCUT2D eigenvalue weighted by molar-refractivity contribution is 5.73. The van der Waals surface area contributed by atoms with Crippen LogP contribution in [-0.4, -0.2) is 29.7 Å². The van der Waals surface area contributed by atoms with E-state index in [0.29, 0.717) is 18.5 Å². The van der Waals surface area contributed by atoms with Crippen molar-refractivity contribution in [2.75, 3.05) is 6.54 Å². The van der Waals surface area contributed by atoms with Gasteiger partial charge in [-0.05, 0) is 77.5 Å². The molecule has 4 rings (SSSR count). The normalized spacial score (nSPS) is 16.6. The summed E-state index contributed by atoms with van der Waals surface area (Å²) in [5.74, 6) is -0.526. The summed E-state index contributed by atoms with van der Waals surface area (Å²) in [6.07, 6.45) is 3.62. The van der Waals surface area contributed by atoms with Crippen molar-refractivity contribution >= 4 is 5.91 Å². The van der Waals surface area contributed by atoms with Gasteiger partial charge in [0.2, 0.25) is 5.91 Å². The van der Waals surface area contributed by atoms with E-state index in [1.165, 1.54) is 29.7 Å². The Labute approximate surface area is 238 Å². The van der Waals surface area contributed by atoms with Crippen molar-refractivity contribution in [1.82, 2.24) is 10.6 Å². The molecule has 3 aromatic carbocycles. The quantitative estimate of drug-likeness (QED) is 0.273. The second-order valence-corrected chi connectivity index (χ2v) is 12.2. The lowest BCUT2D eigenvalue weighted by atomic mass is 9.82. The molecule has 0 aliphatic heterocycles. The van der Waals surface area contributed by atoms with Crippen molar-refractivity contribution in [1.29, 1.82) is 0 Å². The fourth-order valence-corrected chi connectivity index (χ4v) is 5.51. The second kappa shape index (κ2) is 13.4. The van der Waals surface area contributed by atoms with E-state index in [-0.39, 0.29) is 29.7 Å². The fourth-order valence-electron chi connectivity index (χ4n) is 5.51. The maximum Gasteiger partial charge on any atom is 0.217 e. The smallest absolute Gasteiger partial charge is 0.217 e. The SMILES string of the molecule is CC(=O)NC(Cc1ccc(OCc2ccccc2)c(F)c1)C(O)CNC1CCCc2ccc(CC(C)(C)C)cc21. The Kier molecular flexibility index (Phi) is 9.99. The van der Waals surface area contributed by atoms with E-state index in [4.69, 9.17) is 4.74 Å². The second-order valence-electron chi connectivity index (χ2n) is 12.2. The Bertz CT molecular complexity index is 1270. The molecule has 3 atom stereocenters. The van der Waals surface area contributed by atoms with Crippen molar-refractivity contribution in [3.8, 4) is 5.75 Å². The number of carbonyl (C=O) groups excluding carboxylic acids is 1. The fraction of sp³-hybridized carbons (Fsp3) is 0.441. The number of amides is 1. The maximum absolute atomic E-state index is 14.8. The molecule has 0 spiro atoms. The molecule has 40 heavy (non-hydrogen) atoms. The van der Waals surface area contributed by atoms with Crippen LogP contribution in [0.25, 0.3) is 0 Å². The summed E-state index contributed by atoms with van der Waals surface area (Å²) in [7, 11) is 0. The minimum atomic E-state index is -0.843. The van der Waals surface area contributed by atoms with Crippen molar-refractivity contribution in [3.63, 3.8) is 0 Å². The molecule has 0 radical (unpaired) electrons. The van der Waals surface area contributed by atoms with Gasteiger partial charge in [0, 0.05) is 19.5 Å². The van der Waals surface area contributed by atoms with Crippen molar-refractivity contribution in [2.24, 2.45) is 5.41 Å². The number of fused-ring (bicyclic) bond motifs is 1. The van der Waals surface area contributed by atoms with Gasteiger partial charge in [0.1, 0.15) is 6.61 Å². The van der Waals surface area contributed by atoms with E-state index >= 15 is 0 Å². The standard InChI is InChI=1S/C34H43FN2O3/c1-23(38)37-31(19-25-14-16-33(29(35)18-25)40-22-24-9-6-5-7-10-24)32(39)21-36-30-12-8-11-27-15-13-26(17-28(27)30)20-34(2,3)4/h5-7,9-10,13-18,30-32,36,39H,8,11-12,19-22H2,1-4H3,(H,37,38). The average Bonchev–Trinajstić information content (AvgIpc) is 2.90. The lowest BCUT2D eigenvalue weighted by Crippen LogP contribution is -2.48. The van der Waals surface area contributed by atoms with Crippen LogP contribution in [-0.2, 0) is 30.7 Å². The topological polar surface area (TPSA) is 70.6 Å². The van der Waals surface area contributed by atoms with E-state index in [9.17, 15) is 14.3 Å². The summed E-state index contributed by atoms with van der Waals surface area (Å²) in [5, 5.41) is 17.6. The summed E-state index contributed by atoms with van der Waals surface area (Å²) >= 11 is 0. The van der Waals surface area contributed by atoms with Gasteiger partial charge in [0.05, 0.1) is 12.1 Å². The Balaban J connectivity index is 1.39. The molecule has 214 valence electrons. The van der Waals surface area contributed by atoms with E-state index < -0.39 is 18.0 Å². The molecule has 0 saturated carbocycles. The third-order valence-corrected chi connectivity index (χ3v) is 7.37. The van der Waals surface area contributed by atoms with Gasteiger partial charge in [-0.3, -0.25) is 4.79 Å². The van der Waals surface area contributed by atoms with Crippen molar-refractivity contribution in [3.05, 3.63) is 100 Å². The van der Waals surface area contributed by atoms with Crippen molar-refractivity contribution in [2.45, 2.75) is 84.6 Å². The van der Waals surface area contributed by atoms with Crippen LogP contribution >= 0.6 is 0 Å². The first-order valence-corrected chi connectivity index (χ1v) is 14.3. The number of benzene rings is 3. The molecule has 1 aliphatic rings. The first kappa shape index (κ1) is 29.8. The zero-order chi connectivity index (χ0) is 28.7. The van der Waals surface area contributed by atoms with Crippen LogP contribution in [0, 0.1) is 11.2 Å². The largest absolute Gasteiger partial charge is 0.486 e. The Morgan fingerprint density at radius 2 is 1.80 bits per heavy atom. The molecule has 6 heteroatoms. The van der Waals surface area contributed by atoms with Gasteiger partial charge < -0.3 is 20.5 Å². The Hall–Kier alpha value is -3.22. The van der Waals surface area contributed by atoms with Gasteiger partial charge in [-0.15, -0.1) is 0 Å². The minimum absolute atomic E-state index is 0.148. The third kappa shape index (κ3) is 8.64. The van der Waals surface area contributed by atoms with Gasteiger partial charge in [0.25, 0.3) is 0 Å². The zero-order valence-corrected chi connectivity index (χ0v) is 24.2. The number of aliphatic hydroxyl groups is 1. The average molecular weight is 547 g/mol. The van der Waals surface area contributed by atoms with E-state index in [2.05, 4.69) is 49.6 Å². The summed E-state index contributed by atoms with van der Waals surface area (Å²) in [4.78, 5) is 12.0. The number of aryl methyl sites for hydroxylation is 1. The lowest BCUT2D eigenvalue weighted by molar-refractivity contribution is -0.120. The Morgan fingerprint density at radius 1 is 1.05 bits per heavy atom. The van der Waals surface area contributed by atoms with Gasteiger partial charge in [0.15, 0.2) is 11.6 Å². The van der Waals surface area contributed by atoms with Crippen molar-refractivity contribution < 1.29 is 19.0 Å². The summed E-state index contributed by atoms with van der Waals surface area (Å²) < 4.78 is 20.5. The highest BCUT2D eigenvalue weighted by Gasteiger charge is 2.25. The number of nitrogens with one attached hydrogen (secondary N) is 2. The van der Waals surface area contributed by atoms with Gasteiger partial charge in [-0.1, -0.05) is 75.4 Å². The number of halogens is 1. The molecular formula is C34H43FN2O3. The highest BCUT2D eigenvalue weighted by Crippen LogP contribution is 2.32. The molecule has 3 aromatic rings. The molecule has 1 aliphatic carbocycles. The maximum atomic E-state index is 14.8. The van der Waals surface area contributed by atoms with E-state index in [1.54, 1.807) is 12.1 Å². The monoisotopic (exact) mass is 546 g/mol. The lowest BCUT2D eigenvalue weighted by Gasteiger charge is -2.31. The number of rotatable bonds is 11. The zero-order valence-electron chi connectivity index (χ0n) is 24.2. The number of hydrogen-bond donors (Lipinski definition) is 3. The van der Waals surface area contributed by atoms with Gasteiger partial charge in [-0.2, -0.15) is 0 Å². The highest BCUT2D eigenvalue weighted by atomic mass is 19.1. The van der Waals surface area contributed by atoms with Crippen LogP contribution in [0.1, 0.15) is 74.4 Å². The predicted octanol–water partition coefficient (Wildman–Crippen LogP) is 6.07. The molecule has 0 heterocycles. The van der Waals surface area contributed by atoms with Crippen LogP contribution < -0.4 is 15.4 Å². The molecular weight excluding hydrogens is 503 g/mol. The van der Waals surface area contributed by atoms with Crippen LogP contribution in [0.5, 0.6) is 5.75 Å². The van der Waals surface area contributed by atoms with Gasteiger partial charge in [-0.25, -0.2) is 4.39 Å². The predicted molar refractivity (Wildman–Crippen MR) is 158 cm³/mol. The van der Waals surface area contributed by atoms with E-state index in [1.807, 2.05) is 30.3 Å². The number of carbonyl (C=O) groups is 1. The van der Waals surface area contributed by atoms with Crippen LogP contribution in [0.2, 0.25) is 0 Å². The Morgan fingerprint density at radius 3 is 2.50 bits per heavy atom. The molecule has 0 aromatic heterocycles. The molecule has 0 saturated heterocycles. The molecule has 3 N–H and O–H groups in total. The molecule has 3 unspecified atom stereocenters.